The molecule has 6 heteroatoms. The molecule has 85 valence electrons. The summed E-state index contributed by atoms with van der Waals surface area (Å²) in [6, 6.07) is 11.9. The van der Waals surface area contributed by atoms with E-state index in [2.05, 4.69) is 36.4 Å². The average Bonchev–Trinajstić information content (AvgIpc) is 2.49. The molecule has 0 fully saturated rings. The van der Waals surface area contributed by atoms with E-state index in [9.17, 15) is 0 Å². The third kappa shape index (κ3) is 2.03. The average molecular weight is 235 g/mol. The van der Waals surface area contributed by atoms with E-state index in [1.54, 1.807) is 30.6 Å². The standard InChI is InChI=1S/C12H7N6/c1-2-5-9(6-3-1)10-15-17-12(18-16-10)11-13-7-4-8-14-11/h2-8H. The summed E-state index contributed by atoms with van der Waals surface area (Å²) in [6.45, 7) is 0. The zero-order valence-electron chi connectivity index (χ0n) is 9.22. The van der Waals surface area contributed by atoms with E-state index in [4.69, 9.17) is 0 Å². The molecule has 0 aliphatic carbocycles. The van der Waals surface area contributed by atoms with Crippen LogP contribution in [0.25, 0.3) is 23.0 Å². The molecule has 0 aliphatic rings. The van der Waals surface area contributed by atoms with Gasteiger partial charge >= 0.3 is 0 Å². The van der Waals surface area contributed by atoms with Crippen LogP contribution >= 0.6 is 0 Å². The highest BCUT2D eigenvalue weighted by Crippen LogP contribution is 2.12. The zero-order valence-corrected chi connectivity index (χ0v) is 9.22. The maximum absolute atomic E-state index is 4.03. The lowest BCUT2D eigenvalue weighted by molar-refractivity contribution is 0.862. The molecule has 0 atom stereocenters. The minimum atomic E-state index is 0.307. The van der Waals surface area contributed by atoms with Crippen molar-refractivity contribution in [1.82, 2.24) is 30.4 Å². The van der Waals surface area contributed by atoms with Crippen LogP contribution in [0.5, 0.6) is 0 Å². The van der Waals surface area contributed by atoms with E-state index in [0.717, 1.165) is 5.56 Å². The van der Waals surface area contributed by atoms with Gasteiger partial charge in [-0.05, 0) is 12.1 Å². The van der Waals surface area contributed by atoms with Crippen molar-refractivity contribution in [2.45, 2.75) is 0 Å². The van der Waals surface area contributed by atoms with E-state index in [1.165, 1.54) is 0 Å². The molecule has 6 nitrogen and oxygen atoms in total. The van der Waals surface area contributed by atoms with Crippen LogP contribution in [0.15, 0.2) is 42.7 Å². The van der Waals surface area contributed by atoms with Crippen LogP contribution in [0.1, 0.15) is 0 Å². The molecule has 0 unspecified atom stereocenters. The van der Waals surface area contributed by atoms with Crippen molar-refractivity contribution in [3.05, 3.63) is 48.8 Å². The Morgan fingerprint density at radius 2 is 1.33 bits per heavy atom. The van der Waals surface area contributed by atoms with Crippen LogP contribution in [0, 0.1) is 6.07 Å². The van der Waals surface area contributed by atoms with Gasteiger partial charge in [0.2, 0.25) is 17.5 Å². The third-order valence-corrected chi connectivity index (χ3v) is 2.22. The number of hydrogen-bond acceptors (Lipinski definition) is 6. The first-order valence-electron chi connectivity index (χ1n) is 5.25. The second-order valence-electron chi connectivity index (χ2n) is 3.41. The molecular weight excluding hydrogens is 228 g/mol. The third-order valence-electron chi connectivity index (χ3n) is 2.22. The van der Waals surface area contributed by atoms with Crippen molar-refractivity contribution in [3.63, 3.8) is 0 Å². The first-order valence-corrected chi connectivity index (χ1v) is 5.25. The first-order chi connectivity index (χ1) is 8.93. The highest BCUT2D eigenvalue weighted by atomic mass is 15.3. The highest BCUT2D eigenvalue weighted by molar-refractivity contribution is 5.53. The summed E-state index contributed by atoms with van der Waals surface area (Å²) in [5.74, 6) is 1.18. The SMILES string of the molecule is [c]1ccc(-c2nnc(-c3ncccn3)nn2)cc1. The van der Waals surface area contributed by atoms with Crippen LogP contribution < -0.4 is 0 Å². The fraction of sp³-hybridized carbons (Fsp3) is 0. The molecule has 0 bridgehead atoms. The normalized spacial score (nSPS) is 10.2. The molecular formula is C12H7N6. The number of hydrogen-bond donors (Lipinski definition) is 0. The Morgan fingerprint density at radius 3 is 2.00 bits per heavy atom. The number of aromatic nitrogens is 6. The van der Waals surface area contributed by atoms with Crippen molar-refractivity contribution in [1.29, 1.82) is 0 Å². The molecule has 0 N–H and O–H groups in total. The maximum Gasteiger partial charge on any atom is 0.240 e. The number of nitrogens with zero attached hydrogens (tertiary/aromatic N) is 6. The smallest absolute Gasteiger partial charge is 0.234 e. The summed E-state index contributed by atoms with van der Waals surface area (Å²) >= 11 is 0. The highest BCUT2D eigenvalue weighted by Gasteiger charge is 2.07. The summed E-state index contributed by atoms with van der Waals surface area (Å²) in [5, 5.41) is 15.9. The van der Waals surface area contributed by atoms with Crippen LogP contribution in [-0.2, 0) is 0 Å². The molecule has 1 aromatic carbocycles. The second-order valence-corrected chi connectivity index (χ2v) is 3.41. The van der Waals surface area contributed by atoms with E-state index in [-0.39, 0.29) is 0 Å². The maximum atomic E-state index is 4.03. The van der Waals surface area contributed by atoms with Crippen molar-refractivity contribution >= 4 is 0 Å². The van der Waals surface area contributed by atoms with Gasteiger partial charge in [0.15, 0.2) is 0 Å². The monoisotopic (exact) mass is 235 g/mol. The lowest BCUT2D eigenvalue weighted by Crippen LogP contribution is -2.01. The van der Waals surface area contributed by atoms with Gasteiger partial charge in [0.05, 0.1) is 0 Å². The van der Waals surface area contributed by atoms with Gasteiger partial charge < -0.3 is 0 Å². The van der Waals surface area contributed by atoms with Gasteiger partial charge in [0, 0.05) is 18.0 Å². The van der Waals surface area contributed by atoms with Crippen molar-refractivity contribution in [2.75, 3.05) is 0 Å². The topological polar surface area (TPSA) is 77.3 Å². The van der Waals surface area contributed by atoms with Gasteiger partial charge in [-0.15, -0.1) is 20.4 Å². The lowest BCUT2D eigenvalue weighted by Gasteiger charge is -1.98. The summed E-state index contributed by atoms with van der Waals surface area (Å²) in [5.41, 5.74) is 0.842. The molecule has 2 heterocycles. The summed E-state index contributed by atoms with van der Waals surface area (Å²) in [7, 11) is 0. The molecule has 3 rings (SSSR count). The fourth-order valence-electron chi connectivity index (χ4n) is 1.38. The minimum absolute atomic E-state index is 0.307. The number of rotatable bonds is 2. The van der Waals surface area contributed by atoms with E-state index in [1.807, 2.05) is 12.1 Å². The largest absolute Gasteiger partial charge is 0.240 e. The Morgan fingerprint density at radius 1 is 0.722 bits per heavy atom. The summed E-state index contributed by atoms with van der Waals surface area (Å²) in [4.78, 5) is 8.06. The van der Waals surface area contributed by atoms with Crippen LogP contribution in [0.2, 0.25) is 0 Å². The van der Waals surface area contributed by atoms with E-state index in [0.29, 0.717) is 17.5 Å². The molecule has 0 spiro atoms. The van der Waals surface area contributed by atoms with Gasteiger partial charge in [0.1, 0.15) is 0 Å². The Kier molecular flexibility index (Phi) is 2.67. The lowest BCUT2D eigenvalue weighted by atomic mass is 10.2. The molecule has 3 aromatic rings. The predicted octanol–water partition coefficient (Wildman–Crippen LogP) is 1.19. The molecule has 0 saturated heterocycles. The Bertz CT molecular complexity index is 565. The minimum Gasteiger partial charge on any atom is -0.234 e. The van der Waals surface area contributed by atoms with Gasteiger partial charge in [-0.2, -0.15) is 0 Å². The molecule has 2 aromatic heterocycles. The van der Waals surface area contributed by atoms with Crippen molar-refractivity contribution < 1.29 is 0 Å². The van der Waals surface area contributed by atoms with Crippen molar-refractivity contribution in [2.24, 2.45) is 0 Å². The summed E-state index contributed by atoms with van der Waals surface area (Å²) < 4.78 is 0. The molecule has 0 aliphatic heterocycles. The quantitative estimate of drug-likeness (QED) is 0.664. The number of benzene rings is 1. The van der Waals surface area contributed by atoms with E-state index < -0.39 is 0 Å². The molecule has 0 amide bonds. The van der Waals surface area contributed by atoms with Gasteiger partial charge in [0.25, 0.3) is 0 Å². The second kappa shape index (κ2) is 4.62. The van der Waals surface area contributed by atoms with Crippen molar-refractivity contribution in [3.8, 4) is 23.0 Å². The fourth-order valence-corrected chi connectivity index (χ4v) is 1.38. The zero-order chi connectivity index (χ0) is 12.2. The van der Waals surface area contributed by atoms with Gasteiger partial charge in [-0.25, -0.2) is 9.97 Å². The Balaban J connectivity index is 1.95. The Labute approximate surface area is 103 Å². The molecule has 0 saturated carbocycles. The van der Waals surface area contributed by atoms with Gasteiger partial charge in [-0.1, -0.05) is 24.3 Å². The van der Waals surface area contributed by atoms with E-state index >= 15 is 0 Å². The predicted molar refractivity (Wildman–Crippen MR) is 62.9 cm³/mol. The van der Waals surface area contributed by atoms with Crippen LogP contribution in [-0.4, -0.2) is 30.4 Å². The van der Waals surface area contributed by atoms with Crippen LogP contribution in [0.4, 0.5) is 0 Å². The van der Waals surface area contributed by atoms with Crippen LogP contribution in [0.3, 0.4) is 0 Å². The molecule has 18 heavy (non-hydrogen) atoms. The molecule has 1 radical (unpaired) electrons. The Hall–Kier alpha value is -2.76. The first kappa shape index (κ1) is 10.4. The van der Waals surface area contributed by atoms with Gasteiger partial charge in [-0.3, -0.25) is 0 Å². The summed E-state index contributed by atoms with van der Waals surface area (Å²) in [6.07, 6.45) is 3.24.